The molecular formula is C25H36N2O7S. The number of nitrogens with zero attached hydrogens (tertiary/aromatic N) is 1. The topological polar surface area (TPSA) is 114 Å². The number of aliphatic hydroxyl groups is 1. The molecule has 0 aromatic heterocycles. The summed E-state index contributed by atoms with van der Waals surface area (Å²) >= 11 is 0. The predicted octanol–water partition coefficient (Wildman–Crippen LogP) is 2.27. The standard InChI is InChI=1S/C25H36N2O7S/c1-32-21-7-9-22(10-8-21)35(30,31)27(11-13-28)12-14-33-24-16-20(19-3-2-4-19)15-23(34-24)25(29)26-17-18-5-6-18/h7-10,15,18-20,24,28H,2-6,11-14,16-17H2,1H3,(H,26,29)/t20-,24+/m1/s1. The molecule has 2 atom stereocenters. The lowest BCUT2D eigenvalue weighted by Gasteiger charge is -2.37. The third kappa shape index (κ3) is 6.75. The molecule has 3 aliphatic rings. The van der Waals surface area contributed by atoms with Crippen molar-refractivity contribution in [2.45, 2.75) is 49.7 Å². The van der Waals surface area contributed by atoms with Gasteiger partial charge in [-0.1, -0.05) is 6.42 Å². The van der Waals surface area contributed by atoms with Crippen molar-refractivity contribution in [2.75, 3.05) is 40.0 Å². The Kier molecular flexibility index (Phi) is 8.69. The predicted molar refractivity (Wildman–Crippen MR) is 129 cm³/mol. The number of hydrogen-bond donors (Lipinski definition) is 2. The van der Waals surface area contributed by atoms with E-state index in [0.29, 0.717) is 36.3 Å². The lowest BCUT2D eigenvalue weighted by molar-refractivity contribution is -0.152. The average molecular weight is 509 g/mol. The SMILES string of the molecule is COc1ccc(S(=O)(=O)N(CCO)CCO[C@@H]2C[C@H](C3CCC3)C=C(C(=O)NCC3CC3)O2)cc1. The van der Waals surface area contributed by atoms with Crippen molar-refractivity contribution < 1.29 is 32.5 Å². The average Bonchev–Trinajstić information content (AvgIpc) is 3.65. The third-order valence-electron chi connectivity index (χ3n) is 7.01. The van der Waals surface area contributed by atoms with Gasteiger partial charge in [-0.05, 0) is 73.8 Å². The van der Waals surface area contributed by atoms with Crippen LogP contribution in [0, 0.1) is 17.8 Å². The summed E-state index contributed by atoms with van der Waals surface area (Å²) in [6.07, 6.45) is 7.73. The first-order valence-corrected chi connectivity index (χ1v) is 13.9. The summed E-state index contributed by atoms with van der Waals surface area (Å²) in [5, 5.41) is 12.4. The Balaban J connectivity index is 1.36. The number of amides is 1. The van der Waals surface area contributed by atoms with Crippen LogP contribution in [0.4, 0.5) is 0 Å². The van der Waals surface area contributed by atoms with E-state index in [2.05, 4.69) is 5.32 Å². The summed E-state index contributed by atoms with van der Waals surface area (Å²) in [5.41, 5.74) is 0. The molecule has 0 spiro atoms. The number of rotatable bonds is 13. The minimum atomic E-state index is -3.82. The van der Waals surface area contributed by atoms with Gasteiger partial charge in [-0.3, -0.25) is 4.79 Å². The zero-order valence-electron chi connectivity index (χ0n) is 20.2. The third-order valence-corrected chi connectivity index (χ3v) is 8.92. The second-order valence-corrected chi connectivity index (χ2v) is 11.4. The van der Waals surface area contributed by atoms with Crippen LogP contribution in [0.2, 0.25) is 0 Å². The number of hydrogen-bond acceptors (Lipinski definition) is 7. The first-order chi connectivity index (χ1) is 16.9. The van der Waals surface area contributed by atoms with E-state index in [0.717, 1.165) is 25.7 Å². The number of carbonyl (C=O) groups excluding carboxylic acids is 1. The van der Waals surface area contributed by atoms with Crippen molar-refractivity contribution in [1.29, 1.82) is 0 Å². The Morgan fingerprint density at radius 2 is 1.91 bits per heavy atom. The molecule has 1 aliphatic heterocycles. The van der Waals surface area contributed by atoms with Gasteiger partial charge in [0.2, 0.25) is 16.3 Å². The minimum Gasteiger partial charge on any atom is -0.497 e. The number of carbonyl (C=O) groups is 1. The number of allylic oxidation sites excluding steroid dienone is 1. The molecule has 1 aromatic carbocycles. The molecule has 0 radical (unpaired) electrons. The van der Waals surface area contributed by atoms with Gasteiger partial charge in [0.25, 0.3) is 5.91 Å². The van der Waals surface area contributed by atoms with Crippen LogP contribution in [0.25, 0.3) is 0 Å². The lowest BCUT2D eigenvalue weighted by Crippen LogP contribution is -2.39. The molecule has 2 fully saturated rings. The zero-order chi connectivity index (χ0) is 24.8. The Labute approximate surface area is 207 Å². The largest absolute Gasteiger partial charge is 0.497 e. The van der Waals surface area contributed by atoms with E-state index >= 15 is 0 Å². The van der Waals surface area contributed by atoms with Gasteiger partial charge in [-0.2, -0.15) is 4.31 Å². The number of nitrogens with one attached hydrogen (secondary N) is 1. The highest BCUT2D eigenvalue weighted by Gasteiger charge is 2.35. The van der Waals surface area contributed by atoms with E-state index in [4.69, 9.17) is 14.2 Å². The maximum atomic E-state index is 13.1. The summed E-state index contributed by atoms with van der Waals surface area (Å²) in [4.78, 5) is 12.8. The molecule has 35 heavy (non-hydrogen) atoms. The van der Waals surface area contributed by atoms with Gasteiger partial charge in [0, 0.05) is 26.1 Å². The van der Waals surface area contributed by atoms with Gasteiger partial charge in [0.15, 0.2) is 5.76 Å². The molecule has 2 aliphatic carbocycles. The van der Waals surface area contributed by atoms with Crippen molar-refractivity contribution in [2.24, 2.45) is 17.8 Å². The maximum absolute atomic E-state index is 13.1. The van der Waals surface area contributed by atoms with Crippen molar-refractivity contribution in [3.8, 4) is 5.75 Å². The van der Waals surface area contributed by atoms with Gasteiger partial charge in [0.05, 0.1) is 25.2 Å². The van der Waals surface area contributed by atoms with Crippen molar-refractivity contribution in [3.05, 3.63) is 36.1 Å². The maximum Gasteiger partial charge on any atom is 0.286 e. The van der Waals surface area contributed by atoms with Crippen molar-refractivity contribution >= 4 is 15.9 Å². The van der Waals surface area contributed by atoms with Crippen LogP contribution in [0.5, 0.6) is 5.75 Å². The summed E-state index contributed by atoms with van der Waals surface area (Å²) in [7, 11) is -2.31. The van der Waals surface area contributed by atoms with Crippen LogP contribution in [-0.2, 0) is 24.3 Å². The highest BCUT2D eigenvalue weighted by Crippen LogP contribution is 2.40. The minimum absolute atomic E-state index is 0.0514. The zero-order valence-corrected chi connectivity index (χ0v) is 21.0. The molecule has 0 saturated heterocycles. The van der Waals surface area contributed by atoms with Gasteiger partial charge in [-0.25, -0.2) is 8.42 Å². The highest BCUT2D eigenvalue weighted by molar-refractivity contribution is 7.89. The van der Waals surface area contributed by atoms with E-state index in [-0.39, 0.29) is 43.0 Å². The Morgan fingerprint density at radius 1 is 1.17 bits per heavy atom. The van der Waals surface area contributed by atoms with Crippen LogP contribution in [0.3, 0.4) is 0 Å². The smallest absolute Gasteiger partial charge is 0.286 e. The van der Waals surface area contributed by atoms with Gasteiger partial charge < -0.3 is 24.6 Å². The molecule has 0 bridgehead atoms. The normalized spacial score (nSPS) is 22.8. The quantitative estimate of drug-likeness (QED) is 0.420. The first kappa shape index (κ1) is 25.9. The molecule has 0 unspecified atom stereocenters. The lowest BCUT2D eigenvalue weighted by atomic mass is 9.73. The molecule has 4 rings (SSSR count). The molecule has 1 aromatic rings. The Bertz CT molecular complexity index is 988. The van der Waals surface area contributed by atoms with Gasteiger partial charge in [-0.15, -0.1) is 0 Å². The molecule has 194 valence electrons. The monoisotopic (exact) mass is 508 g/mol. The molecular weight excluding hydrogens is 472 g/mol. The van der Waals surface area contributed by atoms with Crippen LogP contribution in [-0.4, -0.2) is 70.0 Å². The summed E-state index contributed by atoms with van der Waals surface area (Å²) < 4.78 is 44.3. The Morgan fingerprint density at radius 3 is 2.51 bits per heavy atom. The van der Waals surface area contributed by atoms with E-state index in [1.54, 1.807) is 12.1 Å². The molecule has 1 heterocycles. The second-order valence-electron chi connectivity index (χ2n) is 9.50. The number of methoxy groups -OCH3 is 1. The fourth-order valence-electron chi connectivity index (χ4n) is 4.43. The van der Waals surface area contributed by atoms with Gasteiger partial charge >= 0.3 is 0 Å². The van der Waals surface area contributed by atoms with Crippen LogP contribution >= 0.6 is 0 Å². The molecule has 10 heteroatoms. The number of aliphatic hydroxyl groups excluding tert-OH is 1. The fourth-order valence-corrected chi connectivity index (χ4v) is 5.85. The first-order valence-electron chi connectivity index (χ1n) is 12.4. The van der Waals surface area contributed by atoms with Crippen molar-refractivity contribution in [1.82, 2.24) is 9.62 Å². The fraction of sp³-hybridized carbons (Fsp3) is 0.640. The number of ether oxygens (including phenoxy) is 3. The molecule has 1 amide bonds. The van der Waals surface area contributed by atoms with Gasteiger partial charge in [0.1, 0.15) is 5.75 Å². The molecule has 2 saturated carbocycles. The van der Waals surface area contributed by atoms with E-state index in [1.165, 1.54) is 30.0 Å². The second kappa shape index (κ2) is 11.7. The molecule has 2 N–H and O–H groups in total. The Hall–Kier alpha value is -2.14. The van der Waals surface area contributed by atoms with Crippen molar-refractivity contribution in [3.63, 3.8) is 0 Å². The molecule has 9 nitrogen and oxygen atoms in total. The van der Waals surface area contributed by atoms with E-state index in [1.807, 2.05) is 6.08 Å². The van der Waals surface area contributed by atoms with Crippen LogP contribution in [0.15, 0.2) is 41.0 Å². The van der Waals surface area contributed by atoms with Crippen LogP contribution < -0.4 is 10.1 Å². The summed E-state index contributed by atoms with van der Waals surface area (Å²) in [5.74, 6) is 1.96. The highest BCUT2D eigenvalue weighted by atomic mass is 32.2. The number of sulfonamides is 1. The van der Waals surface area contributed by atoms with E-state index < -0.39 is 16.3 Å². The number of benzene rings is 1. The van der Waals surface area contributed by atoms with E-state index in [9.17, 15) is 18.3 Å². The summed E-state index contributed by atoms with van der Waals surface area (Å²) in [6.45, 7) is 0.429. The summed E-state index contributed by atoms with van der Waals surface area (Å²) in [6, 6.07) is 6.12. The van der Waals surface area contributed by atoms with Crippen LogP contribution in [0.1, 0.15) is 38.5 Å².